The Morgan fingerprint density at radius 3 is 2.75 bits per heavy atom. The van der Waals surface area contributed by atoms with E-state index in [1.165, 1.54) is 30.3 Å². The minimum Gasteiger partial charge on any atom is -0.469 e. The van der Waals surface area contributed by atoms with Crippen LogP contribution in [0.5, 0.6) is 5.88 Å². The Hall–Kier alpha value is -2.75. The molecule has 0 spiro atoms. The molecule has 0 unspecified atom stereocenters. The highest BCUT2D eigenvalue weighted by molar-refractivity contribution is 5.97. The van der Waals surface area contributed by atoms with E-state index in [1.807, 2.05) is 36.4 Å². The van der Waals surface area contributed by atoms with Crippen molar-refractivity contribution in [3.05, 3.63) is 65.5 Å². The molecule has 0 saturated heterocycles. The third kappa shape index (κ3) is 2.87. The van der Waals surface area contributed by atoms with Crippen molar-refractivity contribution in [3.63, 3.8) is 0 Å². The highest BCUT2D eigenvalue weighted by Crippen LogP contribution is 2.23. The Morgan fingerprint density at radius 1 is 1.00 bits per heavy atom. The molecular weight excluding hydrogens is 300 g/mol. The first-order valence-corrected chi connectivity index (χ1v) is 8.29. The molecule has 4 nitrogen and oxygen atoms in total. The van der Waals surface area contributed by atoms with Gasteiger partial charge in [0.25, 0.3) is 0 Å². The molecule has 4 rings (SSSR count). The third-order valence-corrected chi connectivity index (χ3v) is 4.52. The second-order valence-corrected chi connectivity index (χ2v) is 6.10. The number of Topliss-reactive ketones (excluding diaryl/α,β-unsaturated/α-hetero) is 1. The number of hydrogen-bond acceptors (Lipinski definition) is 4. The van der Waals surface area contributed by atoms with Gasteiger partial charge in [-0.25, -0.2) is 9.97 Å². The lowest BCUT2D eigenvalue weighted by Gasteiger charge is -2.16. The smallest absolute Gasteiger partial charge is 0.224 e. The fourth-order valence-electron chi connectivity index (χ4n) is 3.22. The SMILES string of the molecule is O=C(COc1ncnc2ccccc12)c1ccc2c(c1)CCCC2. The standard InChI is InChI=1S/C20H18N2O2/c23-19(16-10-9-14-5-1-2-6-15(14)11-16)12-24-20-17-7-3-4-8-18(17)21-13-22-20/h3-4,7-11,13H,1-2,5-6,12H2. The van der Waals surface area contributed by atoms with Crippen LogP contribution in [0, 0.1) is 0 Å². The van der Waals surface area contributed by atoms with E-state index < -0.39 is 0 Å². The van der Waals surface area contributed by atoms with E-state index in [2.05, 4.69) is 16.0 Å². The molecule has 0 bridgehead atoms. The number of carbonyl (C=O) groups excluding carboxylic acids is 1. The molecule has 0 amide bonds. The minimum absolute atomic E-state index is 0.0141. The number of rotatable bonds is 4. The first-order chi connectivity index (χ1) is 11.8. The van der Waals surface area contributed by atoms with E-state index in [-0.39, 0.29) is 12.4 Å². The maximum atomic E-state index is 12.5. The van der Waals surface area contributed by atoms with Crippen LogP contribution in [0.25, 0.3) is 10.9 Å². The van der Waals surface area contributed by atoms with Gasteiger partial charge in [0.15, 0.2) is 12.4 Å². The number of hydrogen-bond donors (Lipinski definition) is 0. The summed E-state index contributed by atoms with van der Waals surface area (Å²) in [5.74, 6) is 0.429. The Morgan fingerprint density at radius 2 is 1.83 bits per heavy atom. The topological polar surface area (TPSA) is 52.1 Å². The molecule has 120 valence electrons. The molecule has 0 radical (unpaired) electrons. The molecule has 2 aromatic carbocycles. The summed E-state index contributed by atoms with van der Waals surface area (Å²) in [5.41, 5.74) is 4.21. The van der Waals surface area contributed by atoms with Crippen LogP contribution in [-0.4, -0.2) is 22.4 Å². The van der Waals surface area contributed by atoms with Crippen LogP contribution >= 0.6 is 0 Å². The molecule has 1 aliphatic carbocycles. The molecule has 24 heavy (non-hydrogen) atoms. The van der Waals surface area contributed by atoms with Gasteiger partial charge in [0.2, 0.25) is 5.88 Å². The monoisotopic (exact) mass is 318 g/mol. The van der Waals surface area contributed by atoms with Crippen molar-refractivity contribution in [3.8, 4) is 5.88 Å². The average molecular weight is 318 g/mol. The van der Waals surface area contributed by atoms with Crippen molar-refractivity contribution < 1.29 is 9.53 Å². The molecule has 0 N–H and O–H groups in total. The van der Waals surface area contributed by atoms with Crippen LogP contribution in [-0.2, 0) is 12.8 Å². The van der Waals surface area contributed by atoms with Crippen LogP contribution in [0.4, 0.5) is 0 Å². The molecule has 4 heteroatoms. The number of aryl methyl sites for hydroxylation is 2. The molecule has 1 heterocycles. The number of benzene rings is 2. The summed E-state index contributed by atoms with van der Waals surface area (Å²) < 4.78 is 5.68. The third-order valence-electron chi connectivity index (χ3n) is 4.52. The molecule has 0 atom stereocenters. The van der Waals surface area contributed by atoms with Gasteiger partial charge in [-0.2, -0.15) is 0 Å². The summed E-state index contributed by atoms with van der Waals surface area (Å²) >= 11 is 0. The van der Waals surface area contributed by atoms with Gasteiger partial charge in [-0.05, 0) is 55.0 Å². The van der Waals surface area contributed by atoms with Gasteiger partial charge in [-0.1, -0.05) is 24.3 Å². The van der Waals surface area contributed by atoms with Gasteiger partial charge < -0.3 is 4.74 Å². The first-order valence-electron chi connectivity index (χ1n) is 8.29. The molecule has 0 fully saturated rings. The predicted molar refractivity (Wildman–Crippen MR) is 92.4 cm³/mol. The zero-order chi connectivity index (χ0) is 16.4. The van der Waals surface area contributed by atoms with Crippen LogP contribution < -0.4 is 4.74 Å². The van der Waals surface area contributed by atoms with Crippen molar-refractivity contribution in [1.82, 2.24) is 9.97 Å². The van der Waals surface area contributed by atoms with Crippen molar-refractivity contribution in [2.45, 2.75) is 25.7 Å². The van der Waals surface area contributed by atoms with Crippen molar-refractivity contribution in [2.75, 3.05) is 6.61 Å². The van der Waals surface area contributed by atoms with E-state index in [9.17, 15) is 4.79 Å². The Kier molecular flexibility index (Phi) is 3.95. The van der Waals surface area contributed by atoms with E-state index in [1.54, 1.807) is 0 Å². The predicted octanol–water partition coefficient (Wildman–Crippen LogP) is 3.77. The largest absolute Gasteiger partial charge is 0.469 e. The van der Waals surface area contributed by atoms with E-state index in [0.717, 1.165) is 23.7 Å². The maximum absolute atomic E-state index is 12.5. The molecule has 3 aromatic rings. The molecule has 1 aliphatic rings. The number of nitrogens with zero attached hydrogens (tertiary/aromatic N) is 2. The lowest BCUT2D eigenvalue weighted by molar-refractivity contribution is 0.0919. The van der Waals surface area contributed by atoms with Crippen LogP contribution in [0.3, 0.4) is 0 Å². The highest BCUT2D eigenvalue weighted by atomic mass is 16.5. The normalized spacial score (nSPS) is 13.5. The fraction of sp³-hybridized carbons (Fsp3) is 0.250. The fourth-order valence-corrected chi connectivity index (χ4v) is 3.22. The van der Waals surface area contributed by atoms with E-state index in [4.69, 9.17) is 4.74 Å². The number of ketones is 1. The number of carbonyl (C=O) groups is 1. The first kappa shape index (κ1) is 14.8. The van der Waals surface area contributed by atoms with Gasteiger partial charge in [-0.3, -0.25) is 4.79 Å². The number of aromatic nitrogens is 2. The Bertz CT molecular complexity index is 900. The van der Waals surface area contributed by atoms with Crippen molar-refractivity contribution in [1.29, 1.82) is 0 Å². The van der Waals surface area contributed by atoms with Gasteiger partial charge in [-0.15, -0.1) is 0 Å². The molecule has 0 saturated carbocycles. The van der Waals surface area contributed by atoms with Crippen LogP contribution in [0.15, 0.2) is 48.8 Å². The summed E-state index contributed by atoms with van der Waals surface area (Å²) in [6, 6.07) is 13.6. The van der Waals surface area contributed by atoms with Crippen LogP contribution in [0.1, 0.15) is 34.3 Å². The second kappa shape index (κ2) is 6.40. The molecule has 0 aliphatic heterocycles. The second-order valence-electron chi connectivity index (χ2n) is 6.10. The minimum atomic E-state index is -0.0222. The quantitative estimate of drug-likeness (QED) is 0.687. The Balaban J connectivity index is 1.52. The van der Waals surface area contributed by atoms with Crippen molar-refractivity contribution in [2.24, 2.45) is 0 Å². The summed E-state index contributed by atoms with van der Waals surface area (Å²) in [6.45, 7) is -0.0141. The van der Waals surface area contributed by atoms with Crippen LogP contribution in [0.2, 0.25) is 0 Å². The highest BCUT2D eigenvalue weighted by Gasteiger charge is 2.14. The van der Waals surface area contributed by atoms with E-state index >= 15 is 0 Å². The Labute approximate surface area is 140 Å². The van der Waals surface area contributed by atoms with E-state index in [0.29, 0.717) is 11.4 Å². The summed E-state index contributed by atoms with van der Waals surface area (Å²) in [5, 5.41) is 0.818. The number of ether oxygens (including phenoxy) is 1. The van der Waals surface area contributed by atoms with Gasteiger partial charge in [0.1, 0.15) is 6.33 Å². The lowest BCUT2D eigenvalue weighted by atomic mass is 9.90. The summed E-state index contributed by atoms with van der Waals surface area (Å²) in [4.78, 5) is 20.8. The molecule has 1 aromatic heterocycles. The number of fused-ring (bicyclic) bond motifs is 2. The molecular formula is C20H18N2O2. The number of para-hydroxylation sites is 1. The average Bonchev–Trinajstić information content (AvgIpc) is 2.65. The van der Waals surface area contributed by atoms with Gasteiger partial charge in [0, 0.05) is 5.56 Å². The summed E-state index contributed by atoms with van der Waals surface area (Å²) in [6.07, 6.45) is 6.08. The van der Waals surface area contributed by atoms with Gasteiger partial charge >= 0.3 is 0 Å². The lowest BCUT2D eigenvalue weighted by Crippen LogP contribution is -2.14. The summed E-state index contributed by atoms with van der Waals surface area (Å²) in [7, 11) is 0. The zero-order valence-electron chi connectivity index (χ0n) is 13.4. The zero-order valence-corrected chi connectivity index (χ0v) is 13.4. The van der Waals surface area contributed by atoms with Gasteiger partial charge in [0.05, 0.1) is 10.9 Å². The maximum Gasteiger partial charge on any atom is 0.224 e. The van der Waals surface area contributed by atoms with Crippen molar-refractivity contribution >= 4 is 16.7 Å².